The maximum atomic E-state index is 11.8. The molecule has 0 fully saturated rings. The predicted octanol–water partition coefficient (Wildman–Crippen LogP) is 3.62. The number of carbonyl (C=O) groups is 1. The van der Waals surface area contributed by atoms with Crippen molar-refractivity contribution in [2.45, 2.75) is 20.8 Å². The minimum atomic E-state index is -0.432. The van der Waals surface area contributed by atoms with Crippen molar-refractivity contribution in [3.8, 4) is 0 Å². The number of hydrogen-bond donors (Lipinski definition) is 0. The minimum absolute atomic E-state index is 0.00330. The fourth-order valence-corrected chi connectivity index (χ4v) is 1.25. The van der Waals surface area contributed by atoms with Crippen LogP contribution in [0.2, 0.25) is 10.2 Å². The van der Waals surface area contributed by atoms with E-state index in [2.05, 4.69) is 4.98 Å². The molecular formula is C10H11Cl2NO. The fourth-order valence-electron chi connectivity index (χ4n) is 0.978. The summed E-state index contributed by atoms with van der Waals surface area (Å²) in [6.07, 6.45) is 1.45. The van der Waals surface area contributed by atoms with E-state index in [4.69, 9.17) is 23.2 Å². The molecule has 0 N–H and O–H groups in total. The highest BCUT2D eigenvalue weighted by molar-refractivity contribution is 6.41. The third kappa shape index (κ3) is 2.46. The predicted molar refractivity (Wildman–Crippen MR) is 58.0 cm³/mol. The van der Waals surface area contributed by atoms with Crippen molar-refractivity contribution in [1.29, 1.82) is 0 Å². The molecule has 76 valence electrons. The van der Waals surface area contributed by atoms with Crippen molar-refractivity contribution in [2.75, 3.05) is 0 Å². The van der Waals surface area contributed by atoms with Crippen molar-refractivity contribution in [1.82, 2.24) is 4.98 Å². The van der Waals surface area contributed by atoms with Crippen LogP contribution in [0.4, 0.5) is 0 Å². The zero-order valence-electron chi connectivity index (χ0n) is 8.27. The number of hydrogen-bond acceptors (Lipinski definition) is 2. The summed E-state index contributed by atoms with van der Waals surface area (Å²) < 4.78 is 0. The second-order valence-corrected chi connectivity index (χ2v) is 4.84. The summed E-state index contributed by atoms with van der Waals surface area (Å²) in [6, 6.07) is 1.55. The molecule has 0 aliphatic heterocycles. The molecular weight excluding hydrogens is 221 g/mol. The molecule has 0 unspecified atom stereocenters. The summed E-state index contributed by atoms with van der Waals surface area (Å²) in [5.74, 6) is 0.00330. The first kappa shape index (κ1) is 11.5. The van der Waals surface area contributed by atoms with Crippen molar-refractivity contribution >= 4 is 29.0 Å². The van der Waals surface area contributed by atoms with E-state index in [0.717, 1.165) is 0 Å². The van der Waals surface area contributed by atoms with Crippen LogP contribution in [-0.2, 0) is 0 Å². The molecule has 0 radical (unpaired) electrons. The quantitative estimate of drug-likeness (QED) is 0.546. The lowest BCUT2D eigenvalue weighted by atomic mass is 9.87. The van der Waals surface area contributed by atoms with Gasteiger partial charge in [-0.15, -0.1) is 0 Å². The number of halogens is 2. The van der Waals surface area contributed by atoms with Gasteiger partial charge in [0.25, 0.3) is 0 Å². The van der Waals surface area contributed by atoms with Crippen LogP contribution in [-0.4, -0.2) is 10.8 Å². The van der Waals surface area contributed by atoms with Gasteiger partial charge in [0, 0.05) is 17.2 Å². The van der Waals surface area contributed by atoms with Crippen LogP contribution >= 0.6 is 23.2 Å². The zero-order valence-corrected chi connectivity index (χ0v) is 9.78. The Morgan fingerprint density at radius 2 is 1.93 bits per heavy atom. The van der Waals surface area contributed by atoms with Crippen LogP contribution < -0.4 is 0 Å². The zero-order chi connectivity index (χ0) is 10.9. The monoisotopic (exact) mass is 231 g/mol. The molecule has 0 bridgehead atoms. The minimum Gasteiger partial charge on any atom is -0.294 e. The van der Waals surface area contributed by atoms with Crippen LogP contribution in [0, 0.1) is 5.41 Å². The molecule has 0 spiro atoms. The summed E-state index contributed by atoms with van der Waals surface area (Å²) in [6.45, 7) is 5.54. The summed E-state index contributed by atoms with van der Waals surface area (Å²) in [7, 11) is 0. The van der Waals surface area contributed by atoms with Gasteiger partial charge in [0.05, 0.1) is 5.02 Å². The molecule has 1 rings (SSSR count). The van der Waals surface area contributed by atoms with E-state index in [1.165, 1.54) is 6.20 Å². The van der Waals surface area contributed by atoms with Crippen molar-refractivity contribution in [3.05, 3.63) is 28.0 Å². The Morgan fingerprint density at radius 3 is 2.36 bits per heavy atom. The van der Waals surface area contributed by atoms with E-state index in [1.54, 1.807) is 6.07 Å². The number of carbonyl (C=O) groups excluding carboxylic acids is 1. The molecule has 0 aliphatic carbocycles. The van der Waals surface area contributed by atoms with Crippen LogP contribution in [0.1, 0.15) is 31.1 Å². The molecule has 0 saturated heterocycles. The van der Waals surface area contributed by atoms with E-state index in [9.17, 15) is 4.79 Å². The van der Waals surface area contributed by atoms with Gasteiger partial charge in [-0.25, -0.2) is 4.98 Å². The third-order valence-corrected chi connectivity index (χ3v) is 2.43. The van der Waals surface area contributed by atoms with Gasteiger partial charge in [-0.3, -0.25) is 4.79 Å². The molecule has 14 heavy (non-hydrogen) atoms. The third-order valence-electron chi connectivity index (χ3n) is 1.74. The highest BCUT2D eigenvalue weighted by Crippen LogP contribution is 2.25. The molecule has 1 heterocycles. The molecule has 1 aromatic heterocycles. The van der Waals surface area contributed by atoms with E-state index in [0.29, 0.717) is 10.6 Å². The Balaban J connectivity index is 3.10. The number of rotatable bonds is 1. The van der Waals surface area contributed by atoms with Gasteiger partial charge in [-0.1, -0.05) is 44.0 Å². The Morgan fingerprint density at radius 1 is 1.36 bits per heavy atom. The first-order chi connectivity index (χ1) is 6.32. The molecule has 0 saturated carbocycles. The average molecular weight is 232 g/mol. The normalized spacial score (nSPS) is 11.5. The van der Waals surface area contributed by atoms with Crippen LogP contribution in [0.15, 0.2) is 12.3 Å². The number of nitrogens with zero attached hydrogens (tertiary/aromatic N) is 1. The Hall–Kier alpha value is -0.600. The smallest absolute Gasteiger partial charge is 0.169 e. The van der Waals surface area contributed by atoms with Crippen LogP contribution in [0.25, 0.3) is 0 Å². The van der Waals surface area contributed by atoms with Gasteiger partial charge in [0.15, 0.2) is 5.78 Å². The second kappa shape index (κ2) is 3.87. The van der Waals surface area contributed by atoms with Gasteiger partial charge < -0.3 is 0 Å². The number of pyridine rings is 1. The molecule has 0 amide bonds. The Bertz CT molecular complexity index is 369. The summed E-state index contributed by atoms with van der Waals surface area (Å²) in [5.41, 5.74) is 0.0608. The van der Waals surface area contributed by atoms with E-state index in [-0.39, 0.29) is 10.9 Å². The lowest BCUT2D eigenvalue weighted by Gasteiger charge is -2.16. The summed E-state index contributed by atoms with van der Waals surface area (Å²) in [4.78, 5) is 15.6. The number of Topliss-reactive ketones (excluding diaryl/α,β-unsaturated/α-hetero) is 1. The number of ketones is 1. The largest absolute Gasteiger partial charge is 0.294 e. The lowest BCUT2D eigenvalue weighted by molar-refractivity contribution is 0.0858. The number of aromatic nitrogens is 1. The van der Waals surface area contributed by atoms with Gasteiger partial charge in [-0.05, 0) is 6.07 Å². The van der Waals surface area contributed by atoms with Gasteiger partial charge >= 0.3 is 0 Å². The molecule has 0 atom stereocenters. The van der Waals surface area contributed by atoms with Crippen LogP contribution in [0.5, 0.6) is 0 Å². The Kier molecular flexibility index (Phi) is 3.17. The molecule has 0 aromatic carbocycles. The van der Waals surface area contributed by atoms with Crippen LogP contribution in [0.3, 0.4) is 0 Å². The topological polar surface area (TPSA) is 30.0 Å². The highest BCUT2D eigenvalue weighted by Gasteiger charge is 2.23. The second-order valence-electron chi connectivity index (χ2n) is 4.08. The maximum absolute atomic E-state index is 11.8. The van der Waals surface area contributed by atoms with E-state index in [1.807, 2.05) is 20.8 Å². The molecule has 0 aliphatic rings. The fraction of sp³-hybridized carbons (Fsp3) is 0.400. The van der Waals surface area contributed by atoms with Crippen molar-refractivity contribution in [2.24, 2.45) is 5.41 Å². The van der Waals surface area contributed by atoms with E-state index >= 15 is 0 Å². The molecule has 4 heteroatoms. The van der Waals surface area contributed by atoms with E-state index < -0.39 is 5.41 Å². The SMILES string of the molecule is CC(C)(C)C(=O)c1cnc(Cl)c(Cl)c1. The average Bonchev–Trinajstić information content (AvgIpc) is 2.07. The molecule has 2 nitrogen and oxygen atoms in total. The maximum Gasteiger partial charge on any atom is 0.169 e. The Labute approximate surface area is 93.2 Å². The van der Waals surface area contributed by atoms with Crippen molar-refractivity contribution < 1.29 is 4.79 Å². The van der Waals surface area contributed by atoms with Gasteiger partial charge in [0.2, 0.25) is 0 Å². The highest BCUT2D eigenvalue weighted by atomic mass is 35.5. The first-order valence-corrected chi connectivity index (χ1v) is 4.94. The lowest BCUT2D eigenvalue weighted by Crippen LogP contribution is -2.20. The standard InChI is InChI=1S/C10H11Cl2NO/c1-10(2,3)8(14)6-4-7(11)9(12)13-5-6/h4-5H,1-3H3. The van der Waals surface area contributed by atoms with Gasteiger partial charge in [0.1, 0.15) is 5.15 Å². The summed E-state index contributed by atoms with van der Waals surface area (Å²) >= 11 is 11.4. The summed E-state index contributed by atoms with van der Waals surface area (Å²) in [5, 5.41) is 0.527. The van der Waals surface area contributed by atoms with Crippen molar-refractivity contribution in [3.63, 3.8) is 0 Å². The first-order valence-electron chi connectivity index (χ1n) is 4.18. The van der Waals surface area contributed by atoms with Gasteiger partial charge in [-0.2, -0.15) is 0 Å². The molecule has 1 aromatic rings.